The zero-order valence-electron chi connectivity index (χ0n) is 19.5. The van der Waals surface area contributed by atoms with Gasteiger partial charge < -0.3 is 30.8 Å². The van der Waals surface area contributed by atoms with E-state index in [1.807, 2.05) is 18.2 Å². The second kappa shape index (κ2) is 12.6. The lowest BCUT2D eigenvalue weighted by atomic mass is 9.88. The number of nitrogens with one attached hydrogen (secondary N) is 1. The van der Waals surface area contributed by atoms with E-state index in [9.17, 15) is 24.0 Å². The highest BCUT2D eigenvalue weighted by atomic mass is 16.5. The van der Waals surface area contributed by atoms with Gasteiger partial charge in [0.15, 0.2) is 11.9 Å². The number of carbonyl (C=O) groups is 5. The molecule has 10 nitrogen and oxygen atoms in total. The monoisotopic (exact) mass is 486 g/mol. The van der Waals surface area contributed by atoms with Gasteiger partial charge in [-0.1, -0.05) is 50.2 Å². The third-order valence-corrected chi connectivity index (χ3v) is 5.45. The van der Waals surface area contributed by atoms with Crippen molar-refractivity contribution in [2.75, 3.05) is 0 Å². The number of aldehydes is 1. The molecule has 1 amide bonds. The molecule has 5 N–H and O–H groups in total. The van der Waals surface area contributed by atoms with Crippen molar-refractivity contribution < 1.29 is 38.9 Å². The van der Waals surface area contributed by atoms with Gasteiger partial charge in [-0.3, -0.25) is 19.2 Å². The normalized spacial score (nSPS) is 14.5. The van der Waals surface area contributed by atoms with E-state index in [1.165, 1.54) is 0 Å². The first-order chi connectivity index (χ1) is 16.5. The number of carboxylic acids is 2. The molecule has 2 rings (SSSR count). The van der Waals surface area contributed by atoms with Crippen LogP contribution < -0.4 is 15.8 Å². The Morgan fingerprint density at radius 3 is 2.31 bits per heavy atom. The average molecular weight is 487 g/mol. The quantitative estimate of drug-likeness (QED) is 0.229. The predicted molar refractivity (Wildman–Crippen MR) is 127 cm³/mol. The number of hydrogen-bond donors (Lipinski definition) is 4. The number of carbonyl (C=O) groups excluding carboxylic acids is 3. The molecule has 10 heteroatoms. The van der Waals surface area contributed by atoms with Gasteiger partial charge in [0, 0.05) is 18.2 Å². The highest BCUT2D eigenvalue weighted by Crippen LogP contribution is 2.27. The summed E-state index contributed by atoms with van der Waals surface area (Å²) in [5.41, 5.74) is 5.51. The summed E-state index contributed by atoms with van der Waals surface area (Å²) in [7, 11) is 0. The molecule has 0 fully saturated rings. The van der Waals surface area contributed by atoms with E-state index in [-0.39, 0.29) is 31.5 Å². The third-order valence-electron chi connectivity index (χ3n) is 5.45. The van der Waals surface area contributed by atoms with E-state index in [2.05, 4.69) is 5.32 Å². The van der Waals surface area contributed by atoms with E-state index < -0.39 is 47.7 Å². The van der Waals surface area contributed by atoms with Gasteiger partial charge in [0.25, 0.3) is 5.91 Å². The van der Waals surface area contributed by atoms with Gasteiger partial charge in [-0.25, -0.2) is 0 Å². The highest BCUT2D eigenvalue weighted by molar-refractivity contribution is 6.03. The van der Waals surface area contributed by atoms with Gasteiger partial charge in [-0.2, -0.15) is 0 Å². The number of carboxylic acid groups (broad SMARTS) is 2. The van der Waals surface area contributed by atoms with Gasteiger partial charge in [-0.05, 0) is 23.8 Å². The number of fused-ring (bicyclic) bond motifs is 1. The molecule has 0 saturated carbocycles. The van der Waals surface area contributed by atoms with E-state index in [4.69, 9.17) is 20.7 Å². The molecule has 35 heavy (non-hydrogen) atoms. The Kier molecular flexibility index (Phi) is 9.89. The summed E-state index contributed by atoms with van der Waals surface area (Å²) >= 11 is 0. The first-order valence-electron chi connectivity index (χ1n) is 11.2. The molecule has 4 atom stereocenters. The molecule has 0 saturated heterocycles. The molecule has 188 valence electrons. The van der Waals surface area contributed by atoms with Crippen LogP contribution in [0.3, 0.4) is 0 Å². The minimum absolute atomic E-state index is 0.103. The molecule has 0 bridgehead atoms. The Bertz CT molecular complexity index is 1080. The average Bonchev–Trinajstić information content (AvgIpc) is 2.81. The third kappa shape index (κ3) is 7.61. The van der Waals surface area contributed by atoms with E-state index >= 15 is 0 Å². The molecule has 0 radical (unpaired) electrons. The number of rotatable bonds is 14. The molecular weight excluding hydrogens is 456 g/mol. The Labute approximate surface area is 202 Å². The van der Waals surface area contributed by atoms with Crippen LogP contribution in [-0.2, 0) is 24.0 Å². The minimum atomic E-state index is -1.76. The smallest absolute Gasteiger partial charge is 0.321 e. The van der Waals surface area contributed by atoms with Crippen molar-refractivity contribution in [3.8, 4) is 5.75 Å². The topological polar surface area (TPSA) is 173 Å². The summed E-state index contributed by atoms with van der Waals surface area (Å²) in [6, 6.07) is 9.55. The summed E-state index contributed by atoms with van der Waals surface area (Å²) < 4.78 is 5.92. The Hall–Kier alpha value is -3.79. The summed E-state index contributed by atoms with van der Waals surface area (Å²) in [5.74, 6) is -5.65. The SMILES string of the molecule is CC(C)C[C@@H](NC(=O)C(CCC(=O)O)Oc1cccc2ccccc12)C(=O)[C@H](C=O)C(N)C(=O)O. The van der Waals surface area contributed by atoms with Crippen molar-refractivity contribution in [1.29, 1.82) is 0 Å². The number of aliphatic carboxylic acids is 2. The van der Waals surface area contributed by atoms with Gasteiger partial charge >= 0.3 is 11.9 Å². The number of ether oxygens (including phenoxy) is 1. The van der Waals surface area contributed by atoms with Crippen molar-refractivity contribution in [2.24, 2.45) is 17.6 Å². The lowest BCUT2D eigenvalue weighted by molar-refractivity contribution is -0.145. The van der Waals surface area contributed by atoms with Gasteiger partial charge in [0.05, 0.1) is 6.04 Å². The van der Waals surface area contributed by atoms with Crippen LogP contribution in [0.2, 0.25) is 0 Å². The van der Waals surface area contributed by atoms with Crippen LogP contribution in [-0.4, -0.2) is 58.3 Å². The number of nitrogens with two attached hydrogens (primary N) is 1. The molecule has 2 aromatic rings. The van der Waals surface area contributed by atoms with Crippen molar-refractivity contribution in [3.05, 3.63) is 42.5 Å². The predicted octanol–water partition coefficient (Wildman–Crippen LogP) is 1.78. The number of Topliss-reactive ketones (excluding diaryl/α,β-unsaturated/α-hetero) is 1. The van der Waals surface area contributed by atoms with Crippen molar-refractivity contribution in [3.63, 3.8) is 0 Å². The molecule has 0 heterocycles. The van der Waals surface area contributed by atoms with Crippen LogP contribution in [0.15, 0.2) is 42.5 Å². The van der Waals surface area contributed by atoms with Crippen LogP contribution in [0.4, 0.5) is 0 Å². The number of amides is 1. The minimum Gasteiger partial charge on any atom is -0.481 e. The molecule has 2 aromatic carbocycles. The largest absolute Gasteiger partial charge is 0.481 e. The van der Waals surface area contributed by atoms with E-state index in [0.717, 1.165) is 5.39 Å². The van der Waals surface area contributed by atoms with Crippen LogP contribution in [0, 0.1) is 11.8 Å². The van der Waals surface area contributed by atoms with Crippen LogP contribution in [0.5, 0.6) is 5.75 Å². The maximum absolute atomic E-state index is 13.2. The zero-order valence-corrected chi connectivity index (χ0v) is 19.5. The summed E-state index contributed by atoms with van der Waals surface area (Å²) in [5, 5.41) is 22.4. The number of ketones is 1. The fraction of sp³-hybridized carbons (Fsp3) is 0.400. The molecule has 0 aliphatic rings. The van der Waals surface area contributed by atoms with Crippen LogP contribution >= 0.6 is 0 Å². The fourth-order valence-corrected chi connectivity index (χ4v) is 3.65. The zero-order chi connectivity index (χ0) is 26.1. The van der Waals surface area contributed by atoms with Crippen molar-refractivity contribution in [2.45, 2.75) is 51.3 Å². The molecular formula is C25H30N2O8. The molecule has 0 spiro atoms. The van der Waals surface area contributed by atoms with Gasteiger partial charge in [0.1, 0.15) is 24.0 Å². The number of benzene rings is 2. The maximum atomic E-state index is 13.2. The lowest BCUT2D eigenvalue weighted by Crippen LogP contribution is -2.53. The van der Waals surface area contributed by atoms with Gasteiger partial charge in [0.2, 0.25) is 0 Å². The van der Waals surface area contributed by atoms with Crippen molar-refractivity contribution in [1.82, 2.24) is 5.32 Å². The molecule has 2 unspecified atom stereocenters. The summed E-state index contributed by atoms with van der Waals surface area (Å²) in [6.45, 7) is 3.57. The van der Waals surface area contributed by atoms with E-state index in [1.54, 1.807) is 38.1 Å². The Morgan fingerprint density at radius 1 is 1.06 bits per heavy atom. The van der Waals surface area contributed by atoms with Gasteiger partial charge in [-0.15, -0.1) is 0 Å². The van der Waals surface area contributed by atoms with Crippen LogP contribution in [0.25, 0.3) is 10.8 Å². The second-order valence-electron chi connectivity index (χ2n) is 8.64. The molecule has 0 aliphatic heterocycles. The summed E-state index contributed by atoms with van der Waals surface area (Å²) in [4.78, 5) is 60.1. The van der Waals surface area contributed by atoms with Crippen molar-refractivity contribution >= 4 is 40.7 Å². The Morgan fingerprint density at radius 2 is 1.71 bits per heavy atom. The fourth-order valence-electron chi connectivity index (χ4n) is 3.65. The summed E-state index contributed by atoms with van der Waals surface area (Å²) in [6.07, 6.45) is -1.54. The second-order valence-corrected chi connectivity index (χ2v) is 8.64. The van der Waals surface area contributed by atoms with E-state index in [0.29, 0.717) is 11.1 Å². The first kappa shape index (κ1) is 27.5. The lowest BCUT2D eigenvalue weighted by Gasteiger charge is -2.26. The Balaban J connectivity index is 2.33. The first-order valence-corrected chi connectivity index (χ1v) is 11.2. The number of hydrogen-bond acceptors (Lipinski definition) is 7. The maximum Gasteiger partial charge on any atom is 0.321 e. The molecule has 0 aromatic heterocycles. The highest BCUT2D eigenvalue weighted by Gasteiger charge is 2.37. The van der Waals surface area contributed by atoms with Crippen LogP contribution in [0.1, 0.15) is 33.1 Å². The molecule has 0 aliphatic carbocycles. The standard InChI is InChI=1S/C25H30N2O8/c1-14(2)12-18(23(31)17(13-28)22(26)25(33)34)27-24(32)20(10-11-21(29)30)35-19-9-5-7-15-6-3-4-8-16(15)19/h3-9,13-14,17-18,20,22H,10-12,26H2,1-2H3,(H,27,32)(H,29,30)(H,33,34)/t17-,18-,20?,22?/m1/s1.